The Bertz CT molecular complexity index is 984. The molecule has 0 saturated carbocycles. The van der Waals surface area contributed by atoms with Gasteiger partial charge in [0.15, 0.2) is 0 Å². The molecule has 0 aromatic heterocycles. The number of carbonyl (C=O) groups is 2. The maximum Gasteiger partial charge on any atom is 0.507 e. The molecule has 0 N–H and O–H groups in total. The SMILES string of the molecule is COC(=O)OCCCc1ccc(N(c2ccccc2)c2ccc(CCCOC(=O)OC)cc2)cc1. The highest BCUT2D eigenvalue weighted by Crippen LogP contribution is 2.34. The van der Waals surface area contributed by atoms with Gasteiger partial charge in [-0.05, 0) is 73.2 Å². The summed E-state index contributed by atoms with van der Waals surface area (Å²) in [6, 6.07) is 27.0. The quantitative estimate of drug-likeness (QED) is 0.228. The molecule has 184 valence electrons. The number of hydrogen-bond donors (Lipinski definition) is 0. The predicted octanol–water partition coefficient (Wildman–Crippen LogP) is 6.59. The van der Waals surface area contributed by atoms with Crippen molar-refractivity contribution in [2.75, 3.05) is 32.3 Å². The molecule has 0 saturated heterocycles. The number of rotatable bonds is 11. The van der Waals surface area contributed by atoms with Gasteiger partial charge in [0.05, 0.1) is 27.4 Å². The highest BCUT2D eigenvalue weighted by molar-refractivity contribution is 5.76. The molecule has 3 aromatic rings. The lowest BCUT2D eigenvalue weighted by molar-refractivity contribution is 0.0710. The number of aryl methyl sites for hydroxylation is 2. The van der Waals surface area contributed by atoms with Crippen molar-refractivity contribution in [3.05, 3.63) is 90.0 Å². The van der Waals surface area contributed by atoms with Crippen molar-refractivity contribution >= 4 is 29.4 Å². The molecule has 0 bridgehead atoms. The topological polar surface area (TPSA) is 74.3 Å². The van der Waals surface area contributed by atoms with Gasteiger partial charge in [-0.2, -0.15) is 0 Å². The van der Waals surface area contributed by atoms with E-state index in [9.17, 15) is 9.59 Å². The molecule has 0 spiro atoms. The summed E-state index contributed by atoms with van der Waals surface area (Å²) in [6.45, 7) is 0.650. The van der Waals surface area contributed by atoms with E-state index in [-0.39, 0.29) is 0 Å². The minimum Gasteiger partial charge on any atom is -0.438 e. The summed E-state index contributed by atoms with van der Waals surface area (Å²) >= 11 is 0. The molecule has 0 radical (unpaired) electrons. The van der Waals surface area contributed by atoms with Gasteiger partial charge in [-0.1, -0.05) is 42.5 Å². The van der Waals surface area contributed by atoms with Crippen molar-refractivity contribution in [3.8, 4) is 0 Å². The van der Waals surface area contributed by atoms with E-state index >= 15 is 0 Å². The van der Waals surface area contributed by atoms with Gasteiger partial charge >= 0.3 is 12.3 Å². The maximum atomic E-state index is 11.1. The number of methoxy groups -OCH3 is 2. The molecular formula is C28H31NO6. The molecule has 3 aromatic carbocycles. The highest BCUT2D eigenvalue weighted by Gasteiger charge is 2.12. The number of carbonyl (C=O) groups excluding carboxylic acids is 2. The van der Waals surface area contributed by atoms with Gasteiger partial charge in [-0.3, -0.25) is 0 Å². The normalized spacial score (nSPS) is 10.3. The fourth-order valence-corrected chi connectivity index (χ4v) is 3.63. The van der Waals surface area contributed by atoms with Crippen LogP contribution in [0.5, 0.6) is 0 Å². The summed E-state index contributed by atoms with van der Waals surface area (Å²) in [5.41, 5.74) is 5.49. The molecule has 0 atom stereocenters. The molecular weight excluding hydrogens is 446 g/mol. The van der Waals surface area contributed by atoms with E-state index in [4.69, 9.17) is 9.47 Å². The fraction of sp³-hybridized carbons (Fsp3) is 0.286. The second kappa shape index (κ2) is 13.6. The summed E-state index contributed by atoms with van der Waals surface area (Å²) in [4.78, 5) is 24.3. The zero-order valence-corrected chi connectivity index (χ0v) is 20.1. The van der Waals surface area contributed by atoms with Crippen LogP contribution in [0.2, 0.25) is 0 Å². The molecule has 0 unspecified atom stereocenters. The Morgan fingerprint density at radius 3 is 1.40 bits per heavy atom. The van der Waals surface area contributed by atoms with E-state index in [1.807, 2.05) is 18.2 Å². The number of nitrogens with zero attached hydrogens (tertiary/aromatic N) is 1. The summed E-state index contributed by atoms with van der Waals surface area (Å²) in [6.07, 6.45) is 1.75. The monoisotopic (exact) mass is 477 g/mol. The van der Waals surface area contributed by atoms with Crippen LogP contribution >= 0.6 is 0 Å². The first kappa shape index (κ1) is 25.6. The van der Waals surface area contributed by atoms with E-state index in [0.717, 1.165) is 42.7 Å². The van der Waals surface area contributed by atoms with Gasteiger partial charge in [0, 0.05) is 17.1 Å². The van der Waals surface area contributed by atoms with Crippen molar-refractivity contribution in [3.63, 3.8) is 0 Å². The van der Waals surface area contributed by atoms with E-state index in [1.54, 1.807) is 0 Å². The predicted molar refractivity (Wildman–Crippen MR) is 134 cm³/mol. The molecule has 0 aliphatic heterocycles. The van der Waals surface area contributed by atoms with Crippen LogP contribution in [0.3, 0.4) is 0 Å². The molecule has 0 aliphatic rings. The lowest BCUT2D eigenvalue weighted by Crippen LogP contribution is -2.10. The first-order valence-corrected chi connectivity index (χ1v) is 11.5. The standard InChI is InChI=1S/C28H31NO6/c1-32-27(30)34-20-6-8-22-12-16-25(17-13-22)29(24-10-4-3-5-11-24)26-18-14-23(15-19-26)9-7-21-35-28(31)33-2/h3-5,10-19H,6-9,20-21H2,1-2H3. The molecule has 3 rings (SSSR count). The Hall–Kier alpha value is -4.00. The van der Waals surface area contributed by atoms with E-state index in [1.165, 1.54) is 25.3 Å². The van der Waals surface area contributed by atoms with Crippen molar-refractivity contribution < 1.29 is 28.5 Å². The maximum absolute atomic E-state index is 11.1. The van der Waals surface area contributed by atoms with Crippen molar-refractivity contribution in [1.29, 1.82) is 0 Å². The van der Waals surface area contributed by atoms with Gasteiger partial charge in [-0.15, -0.1) is 0 Å². The van der Waals surface area contributed by atoms with Gasteiger partial charge in [0.2, 0.25) is 0 Å². The Labute approximate surface area is 206 Å². The Morgan fingerprint density at radius 2 is 1.00 bits per heavy atom. The fourth-order valence-electron chi connectivity index (χ4n) is 3.63. The number of anilines is 3. The lowest BCUT2D eigenvalue weighted by Gasteiger charge is -2.26. The highest BCUT2D eigenvalue weighted by atomic mass is 16.7. The molecule has 0 amide bonds. The first-order chi connectivity index (χ1) is 17.1. The lowest BCUT2D eigenvalue weighted by atomic mass is 10.1. The van der Waals surface area contributed by atoms with Crippen LogP contribution in [0.25, 0.3) is 0 Å². The Balaban J connectivity index is 1.67. The van der Waals surface area contributed by atoms with E-state index < -0.39 is 12.3 Å². The third kappa shape index (κ3) is 8.07. The minimum atomic E-state index is -0.653. The van der Waals surface area contributed by atoms with Crippen LogP contribution in [0, 0.1) is 0 Å². The van der Waals surface area contributed by atoms with Gasteiger partial charge in [0.1, 0.15) is 0 Å². The minimum absolute atomic E-state index is 0.325. The summed E-state index contributed by atoms with van der Waals surface area (Å²) in [5, 5.41) is 0. The third-order valence-electron chi connectivity index (χ3n) is 5.40. The van der Waals surface area contributed by atoms with Crippen LogP contribution < -0.4 is 4.90 Å². The molecule has 0 heterocycles. The Kier molecular flexibility index (Phi) is 9.99. The second-order valence-corrected chi connectivity index (χ2v) is 7.82. The smallest absolute Gasteiger partial charge is 0.438 e. The zero-order chi connectivity index (χ0) is 24.9. The molecule has 35 heavy (non-hydrogen) atoms. The number of para-hydroxylation sites is 1. The van der Waals surface area contributed by atoms with Gasteiger partial charge < -0.3 is 23.8 Å². The third-order valence-corrected chi connectivity index (χ3v) is 5.40. The molecule has 0 aliphatic carbocycles. The van der Waals surface area contributed by atoms with Crippen molar-refractivity contribution in [1.82, 2.24) is 0 Å². The molecule has 7 nitrogen and oxygen atoms in total. The summed E-state index contributed by atoms with van der Waals surface area (Å²) in [7, 11) is 2.60. The van der Waals surface area contributed by atoms with Crippen LogP contribution in [-0.4, -0.2) is 39.7 Å². The van der Waals surface area contributed by atoms with Crippen molar-refractivity contribution in [2.45, 2.75) is 25.7 Å². The number of benzene rings is 3. The van der Waals surface area contributed by atoms with Crippen LogP contribution in [0.1, 0.15) is 24.0 Å². The number of hydrogen-bond acceptors (Lipinski definition) is 7. The van der Waals surface area contributed by atoms with Gasteiger partial charge in [0.25, 0.3) is 0 Å². The van der Waals surface area contributed by atoms with Gasteiger partial charge in [-0.25, -0.2) is 9.59 Å². The largest absolute Gasteiger partial charge is 0.507 e. The first-order valence-electron chi connectivity index (χ1n) is 11.5. The van der Waals surface area contributed by atoms with E-state index in [0.29, 0.717) is 13.2 Å². The Morgan fingerprint density at radius 1 is 0.600 bits per heavy atom. The zero-order valence-electron chi connectivity index (χ0n) is 20.1. The summed E-state index contributed by atoms with van der Waals surface area (Å²) in [5.74, 6) is 0. The van der Waals surface area contributed by atoms with Crippen LogP contribution in [0.4, 0.5) is 26.7 Å². The molecule has 7 heteroatoms. The van der Waals surface area contributed by atoms with Crippen molar-refractivity contribution in [2.24, 2.45) is 0 Å². The average molecular weight is 478 g/mol. The van der Waals surface area contributed by atoms with Crippen LogP contribution in [-0.2, 0) is 31.8 Å². The van der Waals surface area contributed by atoms with E-state index in [2.05, 4.69) is 75.0 Å². The molecule has 0 fully saturated rings. The number of ether oxygens (including phenoxy) is 4. The second-order valence-electron chi connectivity index (χ2n) is 7.82. The average Bonchev–Trinajstić information content (AvgIpc) is 2.91. The summed E-state index contributed by atoms with van der Waals surface area (Å²) < 4.78 is 18.9. The van der Waals surface area contributed by atoms with Crippen LogP contribution in [0.15, 0.2) is 78.9 Å².